The number of aromatic nitrogens is 3. The summed E-state index contributed by atoms with van der Waals surface area (Å²) in [5.74, 6) is 1.17. The van der Waals surface area contributed by atoms with Crippen molar-refractivity contribution < 1.29 is 9.84 Å². The van der Waals surface area contributed by atoms with Gasteiger partial charge in [-0.25, -0.2) is 15.0 Å². The average Bonchev–Trinajstić information content (AvgIpc) is 3.54. The first kappa shape index (κ1) is 21.3. The number of hydrogen-bond acceptors (Lipinski definition) is 7. The fourth-order valence-corrected chi connectivity index (χ4v) is 4.12. The SMILES string of the molecule is Cc1nc(N2CCC(C)([C@@H](C)N)CC2)c(CO)nc1-c1ccnc(OC2CC2)c1Cl. The number of pyridine rings is 1. The molecule has 8 heteroatoms. The van der Waals surface area contributed by atoms with E-state index in [1.807, 2.05) is 13.0 Å². The predicted octanol–water partition coefficient (Wildman–Crippen LogP) is 3.49. The molecule has 1 saturated heterocycles. The van der Waals surface area contributed by atoms with E-state index in [-0.39, 0.29) is 24.2 Å². The standard InChI is InChI=1S/C22H30ClN5O2/c1-13-19(16-6-9-25-21(18(16)23)30-15-4-5-15)27-17(12-29)20(26-13)28-10-7-22(3,8-11-28)14(2)24/h6,9,14-15,29H,4-5,7-8,10-12,24H2,1-3H3/t14-/m1/s1. The Labute approximate surface area is 182 Å². The second-order valence-corrected chi connectivity index (χ2v) is 9.19. The van der Waals surface area contributed by atoms with Gasteiger partial charge < -0.3 is 20.5 Å². The molecule has 2 aliphatic rings. The molecule has 7 nitrogen and oxygen atoms in total. The summed E-state index contributed by atoms with van der Waals surface area (Å²) >= 11 is 6.59. The van der Waals surface area contributed by atoms with Crippen LogP contribution in [0.15, 0.2) is 12.3 Å². The van der Waals surface area contributed by atoms with Crippen molar-refractivity contribution in [2.75, 3.05) is 18.0 Å². The Morgan fingerprint density at radius 2 is 2.03 bits per heavy atom. The van der Waals surface area contributed by atoms with Crippen molar-refractivity contribution >= 4 is 17.4 Å². The van der Waals surface area contributed by atoms with Crippen LogP contribution in [0, 0.1) is 12.3 Å². The van der Waals surface area contributed by atoms with Crippen molar-refractivity contribution in [3.05, 3.63) is 28.7 Å². The first-order valence-corrected chi connectivity index (χ1v) is 11.0. The van der Waals surface area contributed by atoms with Crippen molar-refractivity contribution in [2.45, 2.75) is 65.2 Å². The molecule has 0 aromatic carbocycles. The van der Waals surface area contributed by atoms with Crippen LogP contribution in [0.1, 0.15) is 50.9 Å². The molecule has 4 rings (SSSR count). The topological polar surface area (TPSA) is 97.4 Å². The van der Waals surface area contributed by atoms with Gasteiger partial charge in [-0.1, -0.05) is 18.5 Å². The Hall–Kier alpha value is -1.96. The van der Waals surface area contributed by atoms with Crippen LogP contribution in [0.4, 0.5) is 5.82 Å². The van der Waals surface area contributed by atoms with Crippen LogP contribution in [-0.2, 0) is 6.61 Å². The maximum Gasteiger partial charge on any atom is 0.233 e. The third kappa shape index (κ3) is 4.11. The van der Waals surface area contributed by atoms with Crippen LogP contribution in [-0.4, -0.2) is 45.3 Å². The highest BCUT2D eigenvalue weighted by atomic mass is 35.5. The molecular weight excluding hydrogens is 402 g/mol. The van der Waals surface area contributed by atoms with Crippen LogP contribution in [0.3, 0.4) is 0 Å². The van der Waals surface area contributed by atoms with Gasteiger partial charge in [-0.2, -0.15) is 0 Å². The number of nitrogens with zero attached hydrogens (tertiary/aromatic N) is 4. The fraction of sp³-hybridized carbons (Fsp3) is 0.591. The fourth-order valence-electron chi connectivity index (χ4n) is 3.87. The minimum absolute atomic E-state index is 0.126. The van der Waals surface area contributed by atoms with Gasteiger partial charge in [0, 0.05) is 30.9 Å². The number of aliphatic hydroxyl groups is 1. The number of piperidine rings is 1. The summed E-state index contributed by atoms with van der Waals surface area (Å²) < 4.78 is 5.81. The lowest BCUT2D eigenvalue weighted by Gasteiger charge is -2.42. The number of rotatable bonds is 6. The van der Waals surface area contributed by atoms with E-state index in [0.717, 1.165) is 55.8 Å². The number of hydrogen-bond donors (Lipinski definition) is 2. The number of nitrogens with two attached hydrogens (primary N) is 1. The van der Waals surface area contributed by atoms with E-state index in [1.54, 1.807) is 6.20 Å². The Morgan fingerprint density at radius 3 is 2.63 bits per heavy atom. The summed E-state index contributed by atoms with van der Waals surface area (Å²) in [7, 11) is 0. The minimum Gasteiger partial charge on any atom is -0.473 e. The van der Waals surface area contributed by atoms with Crippen LogP contribution < -0.4 is 15.4 Å². The third-order valence-electron chi connectivity index (χ3n) is 6.49. The van der Waals surface area contributed by atoms with Crippen LogP contribution in [0.25, 0.3) is 11.3 Å². The molecule has 0 spiro atoms. The molecule has 0 radical (unpaired) electrons. The van der Waals surface area contributed by atoms with Crippen molar-refractivity contribution in [3.8, 4) is 17.1 Å². The highest BCUT2D eigenvalue weighted by Crippen LogP contribution is 2.39. The minimum atomic E-state index is -0.190. The lowest BCUT2D eigenvalue weighted by atomic mass is 9.75. The molecule has 3 N–H and O–H groups in total. The first-order valence-electron chi connectivity index (χ1n) is 10.6. The molecule has 1 atom stereocenters. The molecule has 162 valence electrons. The van der Waals surface area contributed by atoms with Crippen LogP contribution >= 0.6 is 11.6 Å². The van der Waals surface area contributed by atoms with Gasteiger partial charge in [0.1, 0.15) is 16.8 Å². The van der Waals surface area contributed by atoms with E-state index in [0.29, 0.717) is 22.3 Å². The zero-order valence-electron chi connectivity index (χ0n) is 17.9. The quantitative estimate of drug-likeness (QED) is 0.722. The van der Waals surface area contributed by atoms with Gasteiger partial charge in [-0.05, 0) is 51.0 Å². The van der Waals surface area contributed by atoms with Crippen LogP contribution in [0.2, 0.25) is 5.02 Å². The Kier molecular flexibility index (Phi) is 5.88. The zero-order valence-corrected chi connectivity index (χ0v) is 18.6. The largest absolute Gasteiger partial charge is 0.473 e. The summed E-state index contributed by atoms with van der Waals surface area (Å²) in [5.41, 5.74) is 9.00. The Bertz CT molecular complexity index is 924. The zero-order chi connectivity index (χ0) is 21.5. The van der Waals surface area contributed by atoms with Gasteiger partial charge in [0.15, 0.2) is 5.82 Å². The van der Waals surface area contributed by atoms with E-state index < -0.39 is 0 Å². The molecule has 3 heterocycles. The molecule has 0 bridgehead atoms. The second kappa shape index (κ2) is 8.29. The molecule has 1 aliphatic heterocycles. The van der Waals surface area contributed by atoms with Gasteiger partial charge in [0.05, 0.1) is 18.0 Å². The van der Waals surface area contributed by atoms with Gasteiger partial charge >= 0.3 is 0 Å². The van der Waals surface area contributed by atoms with Gasteiger partial charge in [-0.3, -0.25) is 0 Å². The molecule has 0 unspecified atom stereocenters. The molecule has 0 amide bonds. The van der Waals surface area contributed by atoms with E-state index in [4.69, 9.17) is 32.0 Å². The van der Waals surface area contributed by atoms with E-state index in [1.165, 1.54) is 0 Å². The average molecular weight is 432 g/mol. The maximum atomic E-state index is 10.0. The molecule has 30 heavy (non-hydrogen) atoms. The Balaban J connectivity index is 1.64. The van der Waals surface area contributed by atoms with Crippen molar-refractivity contribution in [1.29, 1.82) is 0 Å². The summed E-state index contributed by atoms with van der Waals surface area (Å²) in [6.07, 6.45) is 5.90. The number of anilines is 1. The summed E-state index contributed by atoms with van der Waals surface area (Å²) in [6.45, 7) is 7.73. The second-order valence-electron chi connectivity index (χ2n) is 8.81. The normalized spacial score (nSPS) is 19.6. The van der Waals surface area contributed by atoms with E-state index in [9.17, 15) is 5.11 Å². The first-order chi connectivity index (χ1) is 14.3. The number of ether oxygens (including phenoxy) is 1. The highest BCUT2D eigenvalue weighted by molar-refractivity contribution is 6.34. The maximum absolute atomic E-state index is 10.0. The van der Waals surface area contributed by atoms with Crippen molar-refractivity contribution in [3.63, 3.8) is 0 Å². The number of aryl methyl sites for hydroxylation is 1. The molecule has 2 fully saturated rings. The van der Waals surface area contributed by atoms with E-state index in [2.05, 4.69) is 23.7 Å². The molecule has 1 aliphatic carbocycles. The van der Waals surface area contributed by atoms with Gasteiger partial charge in [-0.15, -0.1) is 0 Å². The predicted molar refractivity (Wildman–Crippen MR) is 118 cm³/mol. The van der Waals surface area contributed by atoms with Crippen LogP contribution in [0.5, 0.6) is 5.88 Å². The Morgan fingerprint density at radius 1 is 1.33 bits per heavy atom. The molecule has 2 aromatic heterocycles. The molecular formula is C22H30ClN5O2. The van der Waals surface area contributed by atoms with Gasteiger partial charge in [0.25, 0.3) is 0 Å². The summed E-state index contributed by atoms with van der Waals surface area (Å²) in [5, 5.41) is 10.5. The highest BCUT2D eigenvalue weighted by Gasteiger charge is 2.34. The lowest BCUT2D eigenvalue weighted by molar-refractivity contribution is 0.204. The van der Waals surface area contributed by atoms with Gasteiger partial charge in [0.2, 0.25) is 5.88 Å². The third-order valence-corrected chi connectivity index (χ3v) is 6.86. The van der Waals surface area contributed by atoms with E-state index >= 15 is 0 Å². The lowest BCUT2D eigenvalue weighted by Crippen LogP contribution is -2.47. The monoisotopic (exact) mass is 431 g/mol. The molecule has 2 aromatic rings. The van der Waals surface area contributed by atoms with Crippen molar-refractivity contribution in [1.82, 2.24) is 15.0 Å². The molecule has 1 saturated carbocycles. The number of aliphatic hydroxyl groups excluding tert-OH is 1. The summed E-state index contributed by atoms with van der Waals surface area (Å²) in [4.78, 5) is 16.1. The smallest absolute Gasteiger partial charge is 0.233 e. The van der Waals surface area contributed by atoms with Crippen molar-refractivity contribution in [2.24, 2.45) is 11.1 Å². The number of halogens is 1. The summed E-state index contributed by atoms with van der Waals surface area (Å²) in [6, 6.07) is 1.96.